The predicted molar refractivity (Wildman–Crippen MR) is 113 cm³/mol. The van der Waals surface area contributed by atoms with Crippen LogP contribution in [0.4, 0.5) is 17.6 Å². The number of ether oxygens (including phenoxy) is 2. The standard InChI is InChI=1S/C24H18F4N2O3/c1-2-32-23(31)15-4-3-5-18(12-15)30-21-11-6-16(24(26,27)28)13-20(21)29-22(30)14-33-19-9-7-17(25)8-10-19/h3-13H,2,14H2,1H3. The molecule has 5 nitrogen and oxygen atoms in total. The molecule has 0 bridgehead atoms. The van der Waals surface area contributed by atoms with Gasteiger partial charge in [0.2, 0.25) is 0 Å². The number of carbonyl (C=O) groups is 1. The van der Waals surface area contributed by atoms with Crippen LogP contribution in [0.15, 0.2) is 66.7 Å². The molecule has 0 aliphatic rings. The van der Waals surface area contributed by atoms with E-state index in [4.69, 9.17) is 9.47 Å². The minimum Gasteiger partial charge on any atom is -0.486 e. The van der Waals surface area contributed by atoms with E-state index in [1.165, 1.54) is 30.3 Å². The van der Waals surface area contributed by atoms with Crippen LogP contribution in [0.1, 0.15) is 28.7 Å². The second-order valence-corrected chi connectivity index (χ2v) is 7.08. The van der Waals surface area contributed by atoms with Gasteiger partial charge in [0.15, 0.2) is 5.82 Å². The Morgan fingerprint density at radius 1 is 1.03 bits per heavy atom. The van der Waals surface area contributed by atoms with Gasteiger partial charge in [-0.05, 0) is 67.6 Å². The van der Waals surface area contributed by atoms with Gasteiger partial charge in [-0.3, -0.25) is 4.57 Å². The van der Waals surface area contributed by atoms with Crippen molar-refractivity contribution < 1.29 is 31.8 Å². The number of esters is 1. The maximum Gasteiger partial charge on any atom is 0.416 e. The summed E-state index contributed by atoms with van der Waals surface area (Å²) in [4.78, 5) is 16.5. The molecule has 0 spiro atoms. The van der Waals surface area contributed by atoms with Crippen molar-refractivity contribution in [1.82, 2.24) is 9.55 Å². The third kappa shape index (κ3) is 4.82. The molecule has 0 saturated heterocycles. The quantitative estimate of drug-likeness (QED) is 0.265. The minimum absolute atomic E-state index is 0.106. The summed E-state index contributed by atoms with van der Waals surface area (Å²) in [5, 5.41) is 0. The Hall–Kier alpha value is -3.88. The summed E-state index contributed by atoms with van der Waals surface area (Å²) >= 11 is 0. The highest BCUT2D eigenvalue weighted by molar-refractivity contribution is 5.90. The van der Waals surface area contributed by atoms with Crippen LogP contribution in [0.3, 0.4) is 0 Å². The van der Waals surface area contributed by atoms with Gasteiger partial charge < -0.3 is 9.47 Å². The summed E-state index contributed by atoms with van der Waals surface area (Å²) in [6.45, 7) is 1.79. The lowest BCUT2D eigenvalue weighted by atomic mass is 10.1. The first-order valence-electron chi connectivity index (χ1n) is 10.0. The van der Waals surface area contributed by atoms with Crippen LogP contribution in [0.25, 0.3) is 16.7 Å². The number of rotatable bonds is 6. The molecule has 9 heteroatoms. The Bertz CT molecular complexity index is 1300. The van der Waals surface area contributed by atoms with E-state index in [1.54, 1.807) is 35.8 Å². The summed E-state index contributed by atoms with van der Waals surface area (Å²) < 4.78 is 65.2. The smallest absolute Gasteiger partial charge is 0.416 e. The van der Waals surface area contributed by atoms with Crippen molar-refractivity contribution in [3.05, 3.63) is 89.5 Å². The van der Waals surface area contributed by atoms with Gasteiger partial charge in [0.25, 0.3) is 0 Å². The van der Waals surface area contributed by atoms with E-state index in [-0.39, 0.29) is 24.3 Å². The SMILES string of the molecule is CCOC(=O)c1cccc(-n2c(COc3ccc(F)cc3)nc3cc(C(F)(F)F)ccc32)c1. The van der Waals surface area contributed by atoms with E-state index >= 15 is 0 Å². The lowest BCUT2D eigenvalue weighted by Gasteiger charge is -2.12. The molecule has 0 fully saturated rings. The second kappa shape index (κ2) is 8.93. The Labute approximate surface area is 186 Å². The summed E-state index contributed by atoms with van der Waals surface area (Å²) in [5.41, 5.74) is 0.478. The number of alkyl halides is 3. The molecule has 4 aromatic rings. The molecule has 0 saturated carbocycles. The van der Waals surface area contributed by atoms with Crippen LogP contribution in [-0.4, -0.2) is 22.1 Å². The summed E-state index contributed by atoms with van der Waals surface area (Å²) in [6, 6.07) is 15.1. The fraction of sp³-hybridized carbons (Fsp3) is 0.167. The van der Waals surface area contributed by atoms with E-state index in [0.29, 0.717) is 22.8 Å². The number of hydrogen-bond donors (Lipinski definition) is 0. The van der Waals surface area contributed by atoms with Gasteiger partial charge in [-0.1, -0.05) is 6.07 Å². The van der Waals surface area contributed by atoms with Gasteiger partial charge in [-0.25, -0.2) is 14.2 Å². The zero-order chi connectivity index (χ0) is 23.6. The number of carbonyl (C=O) groups excluding carboxylic acids is 1. The van der Waals surface area contributed by atoms with Gasteiger partial charge in [0.1, 0.15) is 18.2 Å². The third-order valence-electron chi connectivity index (χ3n) is 4.85. The fourth-order valence-corrected chi connectivity index (χ4v) is 3.36. The lowest BCUT2D eigenvalue weighted by Crippen LogP contribution is -2.08. The fourth-order valence-electron chi connectivity index (χ4n) is 3.36. The van der Waals surface area contributed by atoms with Crippen molar-refractivity contribution >= 4 is 17.0 Å². The summed E-state index contributed by atoms with van der Waals surface area (Å²) in [7, 11) is 0. The number of fused-ring (bicyclic) bond motifs is 1. The lowest BCUT2D eigenvalue weighted by molar-refractivity contribution is -0.137. The molecular weight excluding hydrogens is 440 g/mol. The number of aromatic nitrogens is 2. The number of benzene rings is 3. The van der Waals surface area contributed by atoms with Gasteiger partial charge in [-0.2, -0.15) is 13.2 Å². The molecule has 4 rings (SSSR count). The van der Waals surface area contributed by atoms with Crippen molar-refractivity contribution in [2.75, 3.05) is 6.61 Å². The molecular formula is C24H18F4N2O3. The average Bonchev–Trinajstić information content (AvgIpc) is 3.16. The van der Waals surface area contributed by atoms with Crippen LogP contribution < -0.4 is 4.74 Å². The summed E-state index contributed by atoms with van der Waals surface area (Å²) in [6.07, 6.45) is -4.52. The molecule has 1 heterocycles. The largest absolute Gasteiger partial charge is 0.486 e. The molecule has 1 aromatic heterocycles. The Morgan fingerprint density at radius 3 is 2.48 bits per heavy atom. The van der Waals surface area contributed by atoms with Gasteiger partial charge >= 0.3 is 12.1 Å². The van der Waals surface area contributed by atoms with Crippen LogP contribution in [0.2, 0.25) is 0 Å². The van der Waals surface area contributed by atoms with Crippen molar-refractivity contribution in [2.45, 2.75) is 19.7 Å². The highest BCUT2D eigenvalue weighted by Crippen LogP contribution is 2.32. The Morgan fingerprint density at radius 2 is 1.79 bits per heavy atom. The van der Waals surface area contributed by atoms with E-state index < -0.39 is 23.5 Å². The average molecular weight is 458 g/mol. The Balaban J connectivity index is 1.80. The normalized spacial score (nSPS) is 11.5. The topological polar surface area (TPSA) is 53.4 Å². The van der Waals surface area contributed by atoms with E-state index in [0.717, 1.165) is 12.1 Å². The molecule has 170 valence electrons. The van der Waals surface area contributed by atoms with Crippen LogP contribution >= 0.6 is 0 Å². The minimum atomic E-state index is -4.52. The Kier molecular flexibility index (Phi) is 6.04. The van der Waals surface area contributed by atoms with Crippen LogP contribution in [0, 0.1) is 5.82 Å². The van der Waals surface area contributed by atoms with E-state index in [9.17, 15) is 22.4 Å². The monoisotopic (exact) mass is 458 g/mol. The first-order valence-corrected chi connectivity index (χ1v) is 10.0. The van der Waals surface area contributed by atoms with Gasteiger partial charge in [0, 0.05) is 5.69 Å². The molecule has 0 aliphatic heterocycles. The number of hydrogen-bond acceptors (Lipinski definition) is 4. The molecule has 0 atom stereocenters. The van der Waals surface area contributed by atoms with Crippen molar-refractivity contribution in [2.24, 2.45) is 0 Å². The van der Waals surface area contributed by atoms with Crippen molar-refractivity contribution in [1.29, 1.82) is 0 Å². The number of halogens is 4. The summed E-state index contributed by atoms with van der Waals surface area (Å²) in [5.74, 6) is -0.279. The van der Waals surface area contributed by atoms with Crippen LogP contribution in [0.5, 0.6) is 5.75 Å². The number of imidazole rings is 1. The van der Waals surface area contributed by atoms with E-state index in [2.05, 4.69) is 4.98 Å². The second-order valence-electron chi connectivity index (χ2n) is 7.08. The third-order valence-corrected chi connectivity index (χ3v) is 4.85. The molecule has 0 aliphatic carbocycles. The van der Waals surface area contributed by atoms with Gasteiger partial charge in [-0.15, -0.1) is 0 Å². The predicted octanol–water partition coefficient (Wildman–Crippen LogP) is 5.94. The highest BCUT2D eigenvalue weighted by atomic mass is 19.4. The maximum absolute atomic E-state index is 13.2. The maximum atomic E-state index is 13.2. The molecule has 0 N–H and O–H groups in total. The zero-order valence-corrected chi connectivity index (χ0v) is 17.4. The van der Waals surface area contributed by atoms with Crippen molar-refractivity contribution in [3.8, 4) is 11.4 Å². The van der Waals surface area contributed by atoms with Crippen LogP contribution in [-0.2, 0) is 17.5 Å². The number of nitrogens with zero attached hydrogens (tertiary/aromatic N) is 2. The highest BCUT2D eigenvalue weighted by Gasteiger charge is 2.31. The first-order chi connectivity index (χ1) is 15.8. The first kappa shape index (κ1) is 22.3. The van der Waals surface area contributed by atoms with Crippen molar-refractivity contribution in [3.63, 3.8) is 0 Å². The molecule has 0 radical (unpaired) electrons. The molecule has 3 aromatic carbocycles. The molecule has 33 heavy (non-hydrogen) atoms. The zero-order valence-electron chi connectivity index (χ0n) is 17.4. The molecule has 0 unspecified atom stereocenters. The van der Waals surface area contributed by atoms with E-state index in [1.807, 2.05) is 0 Å². The molecule has 0 amide bonds. The van der Waals surface area contributed by atoms with Gasteiger partial charge in [0.05, 0.1) is 28.8 Å².